The maximum atomic E-state index is 14.2. The highest BCUT2D eigenvalue weighted by molar-refractivity contribution is 5.28. The van der Waals surface area contributed by atoms with Crippen LogP contribution in [0.5, 0.6) is 0 Å². The summed E-state index contributed by atoms with van der Waals surface area (Å²) in [6.07, 6.45) is 2.89. The molecule has 1 aliphatic carbocycles. The van der Waals surface area contributed by atoms with Gasteiger partial charge in [0.15, 0.2) is 0 Å². The summed E-state index contributed by atoms with van der Waals surface area (Å²) in [5, 5.41) is 0. The molecule has 1 aromatic rings. The molecule has 1 aromatic carbocycles. The van der Waals surface area contributed by atoms with E-state index < -0.39 is 5.67 Å². The zero-order chi connectivity index (χ0) is 10.2. The van der Waals surface area contributed by atoms with Gasteiger partial charge < -0.3 is 0 Å². The van der Waals surface area contributed by atoms with Gasteiger partial charge in [0.05, 0.1) is 0 Å². The lowest BCUT2D eigenvalue weighted by atomic mass is 9.93. The fraction of sp³-hybridized carbons (Fsp3) is 0.500. The largest absolute Gasteiger partial charge is 0.239 e. The van der Waals surface area contributed by atoms with Gasteiger partial charge in [0.2, 0.25) is 0 Å². The van der Waals surface area contributed by atoms with Gasteiger partial charge in [-0.2, -0.15) is 0 Å². The van der Waals surface area contributed by atoms with E-state index >= 15 is 0 Å². The lowest BCUT2D eigenvalue weighted by Gasteiger charge is -2.19. The van der Waals surface area contributed by atoms with Crippen molar-refractivity contribution in [3.05, 3.63) is 35.1 Å². The maximum Gasteiger partial charge on any atom is 0.136 e. The lowest BCUT2D eigenvalue weighted by molar-refractivity contribution is 0.174. The number of hydrogen-bond acceptors (Lipinski definition) is 0. The van der Waals surface area contributed by atoms with E-state index in [1.165, 1.54) is 6.07 Å². The highest BCUT2D eigenvalue weighted by Gasteiger charge is 2.35. The van der Waals surface area contributed by atoms with E-state index in [9.17, 15) is 8.78 Å². The van der Waals surface area contributed by atoms with Crippen molar-refractivity contribution in [1.29, 1.82) is 0 Å². The van der Waals surface area contributed by atoms with Crippen LogP contribution in [0.15, 0.2) is 18.2 Å². The minimum absolute atomic E-state index is 0.300. The molecule has 76 valence electrons. The summed E-state index contributed by atoms with van der Waals surface area (Å²) in [4.78, 5) is 0. The molecule has 0 radical (unpaired) electrons. The molecule has 0 aliphatic heterocycles. The van der Waals surface area contributed by atoms with Gasteiger partial charge in [-0.05, 0) is 49.8 Å². The van der Waals surface area contributed by atoms with Crippen LogP contribution in [0.2, 0.25) is 0 Å². The van der Waals surface area contributed by atoms with E-state index in [1.54, 1.807) is 19.1 Å². The molecule has 0 unspecified atom stereocenters. The molecule has 1 saturated carbocycles. The van der Waals surface area contributed by atoms with Crippen LogP contribution < -0.4 is 0 Å². The summed E-state index contributed by atoms with van der Waals surface area (Å²) < 4.78 is 27.4. The van der Waals surface area contributed by atoms with Crippen molar-refractivity contribution >= 4 is 0 Å². The predicted molar refractivity (Wildman–Crippen MR) is 52.4 cm³/mol. The normalized spacial score (nSPS) is 19.9. The van der Waals surface area contributed by atoms with Gasteiger partial charge in [0.25, 0.3) is 0 Å². The van der Waals surface area contributed by atoms with Gasteiger partial charge in [-0.15, -0.1) is 0 Å². The molecule has 0 atom stereocenters. The van der Waals surface area contributed by atoms with Crippen molar-refractivity contribution in [3.8, 4) is 0 Å². The molecule has 0 aromatic heterocycles. The lowest BCUT2D eigenvalue weighted by Crippen LogP contribution is -2.14. The van der Waals surface area contributed by atoms with Gasteiger partial charge in [0, 0.05) is 0 Å². The van der Waals surface area contributed by atoms with Crippen LogP contribution in [-0.4, -0.2) is 0 Å². The van der Waals surface area contributed by atoms with Crippen LogP contribution in [0.1, 0.15) is 36.8 Å². The molecule has 0 nitrogen and oxygen atoms in total. The first-order chi connectivity index (χ1) is 6.62. The van der Waals surface area contributed by atoms with E-state index in [0.29, 0.717) is 24.0 Å². The Bertz CT molecular complexity index is 338. The molecule has 14 heavy (non-hydrogen) atoms. The number of aryl methyl sites for hydroxylation is 1. The van der Waals surface area contributed by atoms with E-state index in [-0.39, 0.29) is 5.82 Å². The molecule has 2 rings (SSSR count). The summed E-state index contributed by atoms with van der Waals surface area (Å²) in [6.45, 7) is 1.69. The Balaban J connectivity index is 2.36. The number of halogens is 2. The molecule has 0 saturated heterocycles. The number of benzene rings is 1. The molecular formula is C12H14F2. The van der Waals surface area contributed by atoms with Crippen LogP contribution in [-0.2, 0) is 5.67 Å². The van der Waals surface area contributed by atoms with Crippen molar-refractivity contribution in [3.63, 3.8) is 0 Å². The van der Waals surface area contributed by atoms with Crippen molar-refractivity contribution < 1.29 is 8.78 Å². The Labute approximate surface area is 82.9 Å². The maximum absolute atomic E-state index is 14.2. The highest BCUT2D eigenvalue weighted by Crippen LogP contribution is 2.42. The smallest absolute Gasteiger partial charge is 0.136 e. The zero-order valence-corrected chi connectivity index (χ0v) is 8.32. The first-order valence-corrected chi connectivity index (χ1v) is 5.07. The van der Waals surface area contributed by atoms with Crippen LogP contribution in [0.25, 0.3) is 0 Å². The third-order valence-corrected chi connectivity index (χ3v) is 3.09. The summed E-state index contributed by atoms with van der Waals surface area (Å²) in [7, 11) is 0. The van der Waals surface area contributed by atoms with Gasteiger partial charge >= 0.3 is 0 Å². The van der Waals surface area contributed by atoms with Gasteiger partial charge in [-0.25, -0.2) is 8.78 Å². The molecule has 1 aliphatic rings. The van der Waals surface area contributed by atoms with Gasteiger partial charge in [0.1, 0.15) is 11.5 Å². The second-order valence-corrected chi connectivity index (χ2v) is 4.14. The number of hydrogen-bond donors (Lipinski definition) is 0. The van der Waals surface area contributed by atoms with Crippen LogP contribution in [0.4, 0.5) is 8.78 Å². The standard InChI is InChI=1S/C12H14F2/c1-9-4-5-10(8-11(9)13)12(14)6-2-3-7-12/h4-5,8H,2-3,6-7H2,1H3. The number of alkyl halides is 1. The Kier molecular flexibility index (Phi) is 2.30. The monoisotopic (exact) mass is 196 g/mol. The summed E-state index contributed by atoms with van der Waals surface area (Å²) in [5.41, 5.74) is -0.178. The quantitative estimate of drug-likeness (QED) is 0.639. The minimum atomic E-state index is -1.27. The first kappa shape index (κ1) is 9.63. The first-order valence-electron chi connectivity index (χ1n) is 5.07. The van der Waals surface area contributed by atoms with E-state index in [0.717, 1.165) is 12.8 Å². The third kappa shape index (κ3) is 1.54. The molecule has 0 amide bonds. The summed E-state index contributed by atoms with van der Waals surface area (Å²) >= 11 is 0. The van der Waals surface area contributed by atoms with Crippen molar-refractivity contribution in [1.82, 2.24) is 0 Å². The van der Waals surface area contributed by atoms with Crippen molar-refractivity contribution in [2.24, 2.45) is 0 Å². The Morgan fingerprint density at radius 2 is 1.86 bits per heavy atom. The van der Waals surface area contributed by atoms with Crippen LogP contribution >= 0.6 is 0 Å². The van der Waals surface area contributed by atoms with Crippen molar-refractivity contribution in [2.45, 2.75) is 38.3 Å². The Morgan fingerprint density at radius 3 is 2.43 bits per heavy atom. The topological polar surface area (TPSA) is 0 Å². The van der Waals surface area contributed by atoms with Crippen LogP contribution in [0, 0.1) is 12.7 Å². The second-order valence-electron chi connectivity index (χ2n) is 4.14. The van der Waals surface area contributed by atoms with E-state index in [2.05, 4.69) is 0 Å². The van der Waals surface area contributed by atoms with Crippen LogP contribution in [0.3, 0.4) is 0 Å². The summed E-state index contributed by atoms with van der Waals surface area (Å²) in [5.74, 6) is -0.300. The zero-order valence-electron chi connectivity index (χ0n) is 8.32. The molecule has 1 fully saturated rings. The number of rotatable bonds is 1. The fourth-order valence-corrected chi connectivity index (χ4v) is 2.10. The average molecular weight is 196 g/mol. The predicted octanol–water partition coefficient (Wildman–Crippen LogP) is 3.87. The molecule has 0 spiro atoms. The van der Waals surface area contributed by atoms with E-state index in [4.69, 9.17) is 0 Å². The van der Waals surface area contributed by atoms with E-state index in [1.807, 2.05) is 0 Å². The molecule has 2 heteroatoms. The molecule has 0 bridgehead atoms. The molecule has 0 N–H and O–H groups in total. The average Bonchev–Trinajstić information content (AvgIpc) is 2.58. The fourth-order valence-electron chi connectivity index (χ4n) is 2.10. The third-order valence-electron chi connectivity index (χ3n) is 3.09. The highest BCUT2D eigenvalue weighted by atomic mass is 19.1. The SMILES string of the molecule is Cc1ccc(C2(F)CCCC2)cc1F. The van der Waals surface area contributed by atoms with Crippen molar-refractivity contribution in [2.75, 3.05) is 0 Å². The summed E-state index contributed by atoms with van der Waals surface area (Å²) in [6, 6.07) is 4.72. The molecular weight excluding hydrogens is 182 g/mol. The second kappa shape index (κ2) is 3.34. The van der Waals surface area contributed by atoms with Gasteiger partial charge in [-0.3, -0.25) is 0 Å². The minimum Gasteiger partial charge on any atom is -0.239 e. The Hall–Kier alpha value is -0.920. The van der Waals surface area contributed by atoms with Gasteiger partial charge in [-0.1, -0.05) is 12.1 Å². The Morgan fingerprint density at radius 1 is 1.21 bits per heavy atom. The molecule has 0 heterocycles.